The highest BCUT2D eigenvalue weighted by Crippen LogP contribution is 2.29. The van der Waals surface area contributed by atoms with Crippen molar-refractivity contribution < 1.29 is 18.0 Å². The Morgan fingerprint density at radius 1 is 1.32 bits per heavy atom. The lowest BCUT2D eigenvalue weighted by Crippen LogP contribution is -2.00. The van der Waals surface area contributed by atoms with E-state index in [-0.39, 0.29) is 17.4 Å². The minimum absolute atomic E-state index is 0.0356. The first-order valence-electron chi connectivity index (χ1n) is 6.03. The van der Waals surface area contributed by atoms with Gasteiger partial charge < -0.3 is 9.26 Å². The Labute approximate surface area is 108 Å². The van der Waals surface area contributed by atoms with Crippen molar-refractivity contribution in [2.45, 2.75) is 19.3 Å². The van der Waals surface area contributed by atoms with Gasteiger partial charge in [0.2, 0.25) is 0 Å². The van der Waals surface area contributed by atoms with Gasteiger partial charge in [0, 0.05) is 12.5 Å². The van der Waals surface area contributed by atoms with Crippen molar-refractivity contribution in [2.75, 3.05) is 13.2 Å². The number of rotatable bonds is 2. The van der Waals surface area contributed by atoms with Gasteiger partial charge in [-0.2, -0.15) is 4.98 Å². The highest BCUT2D eigenvalue weighted by molar-refractivity contribution is 5.56. The van der Waals surface area contributed by atoms with Crippen molar-refractivity contribution in [3.63, 3.8) is 0 Å². The van der Waals surface area contributed by atoms with Gasteiger partial charge in [-0.25, -0.2) is 8.78 Å². The maximum Gasteiger partial charge on any atom is 0.263 e. The van der Waals surface area contributed by atoms with E-state index < -0.39 is 11.6 Å². The van der Waals surface area contributed by atoms with E-state index in [9.17, 15) is 8.78 Å². The molecule has 0 radical (unpaired) electrons. The van der Waals surface area contributed by atoms with Crippen molar-refractivity contribution in [2.24, 2.45) is 0 Å². The molecule has 4 nitrogen and oxygen atoms in total. The highest BCUT2D eigenvalue weighted by Gasteiger charge is 2.25. The Morgan fingerprint density at radius 2 is 2.16 bits per heavy atom. The normalized spacial score (nSPS) is 19.0. The second-order valence-electron chi connectivity index (χ2n) is 4.57. The minimum atomic E-state index is -0.707. The number of ether oxygens (including phenoxy) is 1. The van der Waals surface area contributed by atoms with Crippen molar-refractivity contribution in [1.29, 1.82) is 0 Å². The molecule has 0 amide bonds. The molecule has 0 saturated carbocycles. The van der Waals surface area contributed by atoms with Gasteiger partial charge in [-0.3, -0.25) is 0 Å². The van der Waals surface area contributed by atoms with Crippen LogP contribution in [0.1, 0.15) is 23.7 Å². The molecule has 1 aliphatic rings. The summed E-state index contributed by atoms with van der Waals surface area (Å²) in [4.78, 5) is 4.09. The monoisotopic (exact) mass is 266 g/mol. The number of aromatic nitrogens is 2. The summed E-state index contributed by atoms with van der Waals surface area (Å²) in [6.45, 7) is 2.71. The number of hydrogen-bond donors (Lipinski definition) is 0. The summed E-state index contributed by atoms with van der Waals surface area (Å²) in [7, 11) is 0. The molecule has 1 atom stereocenters. The molecule has 19 heavy (non-hydrogen) atoms. The minimum Gasteiger partial charge on any atom is -0.381 e. The summed E-state index contributed by atoms with van der Waals surface area (Å²) in [6, 6.07) is 2.56. The molecule has 1 fully saturated rings. The largest absolute Gasteiger partial charge is 0.381 e. The van der Waals surface area contributed by atoms with Gasteiger partial charge in [0.1, 0.15) is 17.2 Å². The molecule has 1 aromatic carbocycles. The van der Waals surface area contributed by atoms with Crippen LogP contribution in [0.3, 0.4) is 0 Å². The Balaban J connectivity index is 2.01. The molecule has 100 valence electrons. The zero-order valence-corrected chi connectivity index (χ0v) is 10.3. The fourth-order valence-corrected chi connectivity index (χ4v) is 2.09. The van der Waals surface area contributed by atoms with Crippen LogP contribution in [-0.2, 0) is 4.74 Å². The fraction of sp³-hybridized carbons (Fsp3) is 0.385. The zero-order valence-electron chi connectivity index (χ0n) is 10.3. The molecule has 6 heteroatoms. The number of hydrogen-bond acceptors (Lipinski definition) is 4. The molecule has 0 unspecified atom stereocenters. The van der Waals surface area contributed by atoms with Crippen LogP contribution >= 0.6 is 0 Å². The van der Waals surface area contributed by atoms with Crippen LogP contribution < -0.4 is 0 Å². The molecule has 0 N–H and O–H groups in total. The lowest BCUT2D eigenvalue weighted by molar-refractivity contribution is 0.192. The van der Waals surface area contributed by atoms with E-state index in [0.717, 1.165) is 6.42 Å². The Hall–Kier alpha value is -1.82. The maximum atomic E-state index is 13.9. The quantitative estimate of drug-likeness (QED) is 0.838. The predicted molar refractivity (Wildman–Crippen MR) is 62.6 cm³/mol. The van der Waals surface area contributed by atoms with E-state index in [1.165, 1.54) is 12.1 Å². The van der Waals surface area contributed by atoms with E-state index in [4.69, 9.17) is 9.26 Å². The van der Waals surface area contributed by atoms with Gasteiger partial charge in [0.05, 0.1) is 6.61 Å². The molecule has 1 aliphatic heterocycles. The summed E-state index contributed by atoms with van der Waals surface area (Å²) < 4.78 is 37.9. The maximum absolute atomic E-state index is 13.9. The van der Waals surface area contributed by atoms with E-state index in [1.54, 1.807) is 6.92 Å². The second-order valence-corrected chi connectivity index (χ2v) is 4.57. The first kappa shape index (κ1) is 12.2. The molecule has 0 bridgehead atoms. The van der Waals surface area contributed by atoms with Crippen LogP contribution in [-0.4, -0.2) is 23.4 Å². The Morgan fingerprint density at radius 3 is 2.89 bits per heavy atom. The predicted octanol–water partition coefficient (Wildman–Crippen LogP) is 2.83. The topological polar surface area (TPSA) is 48.2 Å². The van der Waals surface area contributed by atoms with Crippen molar-refractivity contribution >= 4 is 0 Å². The van der Waals surface area contributed by atoms with Gasteiger partial charge in [-0.05, 0) is 25.0 Å². The van der Waals surface area contributed by atoms with Crippen LogP contribution in [0.25, 0.3) is 11.5 Å². The SMILES string of the molecule is Cc1ccc(F)c(-c2nc([C@H]3CCOC3)no2)c1F. The van der Waals surface area contributed by atoms with Crippen LogP contribution in [0.4, 0.5) is 8.78 Å². The smallest absolute Gasteiger partial charge is 0.263 e. The van der Waals surface area contributed by atoms with E-state index in [0.29, 0.717) is 24.6 Å². The van der Waals surface area contributed by atoms with Crippen molar-refractivity contribution in [1.82, 2.24) is 10.1 Å². The van der Waals surface area contributed by atoms with Crippen LogP contribution in [0.15, 0.2) is 16.7 Å². The first-order valence-corrected chi connectivity index (χ1v) is 6.03. The molecule has 2 heterocycles. The van der Waals surface area contributed by atoms with Crippen LogP contribution in [0.2, 0.25) is 0 Å². The molecular weight excluding hydrogens is 254 g/mol. The van der Waals surface area contributed by atoms with Crippen molar-refractivity contribution in [3.8, 4) is 11.5 Å². The Kier molecular flexibility index (Phi) is 3.02. The number of aryl methyl sites for hydroxylation is 1. The van der Waals surface area contributed by atoms with E-state index in [1.807, 2.05) is 0 Å². The zero-order chi connectivity index (χ0) is 13.4. The molecule has 1 aromatic heterocycles. The summed E-state index contributed by atoms with van der Waals surface area (Å²) in [5.74, 6) is -1.03. The third-order valence-corrected chi connectivity index (χ3v) is 3.23. The summed E-state index contributed by atoms with van der Waals surface area (Å²) in [6.07, 6.45) is 0.789. The standard InChI is InChI=1S/C13H12F2N2O2/c1-7-2-3-9(14)10(11(7)15)13-16-12(17-19-13)8-4-5-18-6-8/h2-3,8H,4-6H2,1H3/t8-/m0/s1. The van der Waals surface area contributed by atoms with Gasteiger partial charge in [-0.1, -0.05) is 11.2 Å². The van der Waals surface area contributed by atoms with Crippen molar-refractivity contribution in [3.05, 3.63) is 35.2 Å². The molecule has 3 rings (SSSR count). The summed E-state index contributed by atoms with van der Waals surface area (Å²) >= 11 is 0. The molecule has 0 spiro atoms. The van der Waals surface area contributed by atoms with E-state index in [2.05, 4.69) is 10.1 Å². The van der Waals surface area contributed by atoms with Crippen LogP contribution in [0, 0.1) is 18.6 Å². The third-order valence-electron chi connectivity index (χ3n) is 3.23. The molecule has 0 aliphatic carbocycles. The molecular formula is C13H12F2N2O2. The van der Waals surface area contributed by atoms with Gasteiger partial charge in [-0.15, -0.1) is 0 Å². The van der Waals surface area contributed by atoms with Gasteiger partial charge >= 0.3 is 0 Å². The van der Waals surface area contributed by atoms with E-state index >= 15 is 0 Å². The summed E-state index contributed by atoms with van der Waals surface area (Å²) in [5.41, 5.74) is 0.0676. The third kappa shape index (κ3) is 2.12. The molecule has 2 aromatic rings. The molecule has 1 saturated heterocycles. The lowest BCUT2D eigenvalue weighted by atomic mass is 10.1. The lowest BCUT2D eigenvalue weighted by Gasteiger charge is -2.02. The van der Waals surface area contributed by atoms with Gasteiger partial charge in [0.25, 0.3) is 5.89 Å². The van der Waals surface area contributed by atoms with Crippen LogP contribution in [0.5, 0.6) is 0 Å². The summed E-state index contributed by atoms with van der Waals surface area (Å²) in [5, 5.41) is 3.79. The number of nitrogens with zero attached hydrogens (tertiary/aromatic N) is 2. The first-order chi connectivity index (χ1) is 9.16. The Bertz CT molecular complexity index is 607. The highest BCUT2D eigenvalue weighted by atomic mass is 19.1. The van der Waals surface area contributed by atoms with Gasteiger partial charge in [0.15, 0.2) is 5.82 Å². The number of halogens is 2. The second kappa shape index (κ2) is 4.70. The fourth-order valence-electron chi connectivity index (χ4n) is 2.09. The average Bonchev–Trinajstić information content (AvgIpc) is 3.04. The number of benzene rings is 1. The average molecular weight is 266 g/mol.